The third-order valence-electron chi connectivity index (χ3n) is 6.60. The van der Waals surface area contributed by atoms with Crippen molar-refractivity contribution in [3.05, 3.63) is 89.2 Å². The highest BCUT2D eigenvalue weighted by atomic mass is 35.5. The fraction of sp³-hybridized carbons (Fsp3) is 0.355. The van der Waals surface area contributed by atoms with Gasteiger partial charge in [-0.05, 0) is 73.9 Å². The molecule has 0 bridgehead atoms. The Hall–Kier alpha value is -3.63. The molecule has 0 radical (unpaired) electrons. The fourth-order valence-corrected chi connectivity index (χ4v) is 5.95. The largest absolute Gasteiger partial charge is 0.492 e. The van der Waals surface area contributed by atoms with Crippen LogP contribution in [0.4, 0.5) is 10.1 Å². The van der Waals surface area contributed by atoms with Crippen LogP contribution in [0.5, 0.6) is 5.75 Å². The smallest absolute Gasteiger partial charge is 0.264 e. The number of carbonyl (C=O) groups excluding carboxylic acids is 2. The molecular weight excluding hydrogens is 581 g/mol. The second-order valence-corrected chi connectivity index (χ2v) is 11.9. The minimum Gasteiger partial charge on any atom is -0.492 e. The van der Waals surface area contributed by atoms with Crippen LogP contribution in [-0.4, -0.2) is 50.9 Å². The molecule has 226 valence electrons. The second-order valence-electron chi connectivity index (χ2n) is 9.58. The maximum absolute atomic E-state index is 14.1. The number of nitrogens with one attached hydrogen (secondary N) is 1. The van der Waals surface area contributed by atoms with Crippen molar-refractivity contribution in [1.29, 1.82) is 0 Å². The first-order chi connectivity index (χ1) is 20.1. The summed E-state index contributed by atoms with van der Waals surface area (Å²) >= 11 is 6.01. The van der Waals surface area contributed by atoms with Crippen molar-refractivity contribution in [3.63, 3.8) is 0 Å². The number of anilines is 1. The van der Waals surface area contributed by atoms with E-state index in [9.17, 15) is 22.4 Å². The molecule has 0 aromatic heterocycles. The lowest BCUT2D eigenvalue weighted by atomic mass is 10.1. The predicted octanol–water partition coefficient (Wildman–Crippen LogP) is 5.80. The normalized spacial score (nSPS) is 11.9. The van der Waals surface area contributed by atoms with E-state index in [0.29, 0.717) is 17.1 Å². The van der Waals surface area contributed by atoms with E-state index >= 15 is 0 Å². The Morgan fingerprint density at radius 3 is 2.26 bits per heavy atom. The lowest BCUT2D eigenvalue weighted by Crippen LogP contribution is -2.52. The Morgan fingerprint density at radius 1 is 0.976 bits per heavy atom. The van der Waals surface area contributed by atoms with Crippen LogP contribution in [0.2, 0.25) is 5.02 Å². The predicted molar refractivity (Wildman–Crippen MR) is 163 cm³/mol. The summed E-state index contributed by atoms with van der Waals surface area (Å²) in [6.07, 6.45) is 1.94. The molecule has 11 heteroatoms. The van der Waals surface area contributed by atoms with Crippen LogP contribution in [0.3, 0.4) is 0 Å². The van der Waals surface area contributed by atoms with Crippen LogP contribution in [0.25, 0.3) is 0 Å². The van der Waals surface area contributed by atoms with Crippen LogP contribution in [0.1, 0.15) is 45.6 Å². The van der Waals surface area contributed by atoms with Gasteiger partial charge in [-0.15, -0.1) is 0 Å². The molecule has 0 heterocycles. The zero-order valence-corrected chi connectivity index (χ0v) is 25.6. The van der Waals surface area contributed by atoms with E-state index in [1.165, 1.54) is 53.4 Å². The Labute approximate surface area is 252 Å². The van der Waals surface area contributed by atoms with Crippen LogP contribution in [0.15, 0.2) is 77.7 Å². The van der Waals surface area contributed by atoms with Crippen molar-refractivity contribution in [2.24, 2.45) is 0 Å². The molecular formula is C31H37ClFN3O5S. The van der Waals surface area contributed by atoms with E-state index in [1.54, 1.807) is 38.1 Å². The summed E-state index contributed by atoms with van der Waals surface area (Å²) < 4.78 is 48.4. The molecule has 1 atom stereocenters. The quantitative estimate of drug-likeness (QED) is 0.218. The number of nitrogens with zero attached hydrogens (tertiary/aromatic N) is 2. The Kier molecular flexibility index (Phi) is 12.2. The lowest BCUT2D eigenvalue weighted by Gasteiger charge is -2.33. The third-order valence-corrected chi connectivity index (χ3v) is 8.62. The topological polar surface area (TPSA) is 96.0 Å². The van der Waals surface area contributed by atoms with E-state index in [4.69, 9.17) is 16.3 Å². The standard InChI is InChI=1S/C31H37ClFN3O5S/c1-4-7-20-34-31(38)27(5-2)35(21-23-12-16-25(33)17-13-23)30(37)22-36(28-10-8-9-11-29(28)41-6-3)42(39,40)26-18-14-24(32)15-19-26/h8-19,27H,4-7,20-22H2,1-3H3,(H,34,38). The number of unbranched alkanes of at least 4 members (excludes halogenated alkanes) is 1. The number of para-hydroxylation sites is 2. The minimum absolute atomic E-state index is 0.0270. The molecule has 0 saturated heterocycles. The summed E-state index contributed by atoms with van der Waals surface area (Å²) in [5, 5.41) is 3.24. The van der Waals surface area contributed by atoms with Crippen LogP contribution < -0.4 is 14.4 Å². The molecule has 0 saturated carbocycles. The summed E-state index contributed by atoms with van der Waals surface area (Å²) in [5.74, 6) is -1.11. The van der Waals surface area contributed by atoms with Gasteiger partial charge >= 0.3 is 0 Å². The number of hydrogen-bond donors (Lipinski definition) is 1. The zero-order valence-electron chi connectivity index (χ0n) is 24.1. The molecule has 3 rings (SSSR count). The van der Waals surface area contributed by atoms with Gasteiger partial charge in [-0.1, -0.05) is 56.1 Å². The van der Waals surface area contributed by atoms with E-state index in [0.717, 1.165) is 17.1 Å². The third kappa shape index (κ3) is 8.45. The molecule has 42 heavy (non-hydrogen) atoms. The first kappa shape index (κ1) is 32.9. The summed E-state index contributed by atoms with van der Waals surface area (Å²) in [5.41, 5.74) is 0.760. The summed E-state index contributed by atoms with van der Waals surface area (Å²) in [6.45, 7) is 5.63. The van der Waals surface area contributed by atoms with Gasteiger partial charge in [-0.3, -0.25) is 13.9 Å². The molecule has 8 nitrogen and oxygen atoms in total. The van der Waals surface area contributed by atoms with Crippen molar-refractivity contribution in [2.45, 2.75) is 57.5 Å². The zero-order chi connectivity index (χ0) is 30.7. The number of hydrogen-bond acceptors (Lipinski definition) is 5. The van der Waals surface area contributed by atoms with Crippen LogP contribution >= 0.6 is 11.6 Å². The fourth-order valence-electron chi connectivity index (χ4n) is 4.40. The van der Waals surface area contributed by atoms with Gasteiger partial charge < -0.3 is 15.0 Å². The van der Waals surface area contributed by atoms with Gasteiger partial charge in [0.25, 0.3) is 10.0 Å². The number of carbonyl (C=O) groups is 2. The van der Waals surface area contributed by atoms with Crippen molar-refractivity contribution in [3.8, 4) is 5.75 Å². The van der Waals surface area contributed by atoms with E-state index in [2.05, 4.69) is 5.32 Å². The second kappa shape index (κ2) is 15.6. The van der Waals surface area contributed by atoms with Gasteiger partial charge in [-0.2, -0.15) is 0 Å². The highest BCUT2D eigenvalue weighted by Gasteiger charge is 2.34. The van der Waals surface area contributed by atoms with Gasteiger partial charge in [0, 0.05) is 18.1 Å². The Bertz CT molecular complexity index is 1440. The molecule has 0 spiro atoms. The molecule has 3 aromatic carbocycles. The van der Waals surface area contributed by atoms with Crippen molar-refractivity contribution in [2.75, 3.05) is 24.0 Å². The van der Waals surface area contributed by atoms with E-state index in [1.807, 2.05) is 6.92 Å². The number of rotatable bonds is 15. The molecule has 1 N–H and O–H groups in total. The van der Waals surface area contributed by atoms with Crippen molar-refractivity contribution >= 4 is 39.1 Å². The maximum Gasteiger partial charge on any atom is 0.264 e. The highest BCUT2D eigenvalue weighted by Crippen LogP contribution is 2.33. The summed E-state index contributed by atoms with van der Waals surface area (Å²) in [6, 6.07) is 16.9. The van der Waals surface area contributed by atoms with Crippen molar-refractivity contribution in [1.82, 2.24) is 10.2 Å². The highest BCUT2D eigenvalue weighted by molar-refractivity contribution is 7.92. The number of sulfonamides is 1. The minimum atomic E-state index is -4.29. The lowest BCUT2D eigenvalue weighted by molar-refractivity contribution is -0.140. The molecule has 0 aliphatic heterocycles. The molecule has 0 fully saturated rings. The average molecular weight is 618 g/mol. The number of benzene rings is 3. The van der Waals surface area contributed by atoms with Gasteiger partial charge in [-0.25, -0.2) is 12.8 Å². The van der Waals surface area contributed by atoms with Gasteiger partial charge in [0.2, 0.25) is 11.8 Å². The maximum atomic E-state index is 14.1. The molecule has 0 aliphatic carbocycles. The van der Waals surface area contributed by atoms with E-state index < -0.39 is 34.3 Å². The summed E-state index contributed by atoms with van der Waals surface area (Å²) in [7, 11) is -4.29. The molecule has 3 aromatic rings. The monoisotopic (exact) mass is 617 g/mol. The van der Waals surface area contributed by atoms with Crippen LogP contribution in [0, 0.1) is 5.82 Å². The number of ether oxygens (including phenoxy) is 1. The first-order valence-corrected chi connectivity index (χ1v) is 15.8. The van der Waals surface area contributed by atoms with Crippen LogP contribution in [-0.2, 0) is 26.2 Å². The van der Waals surface area contributed by atoms with Gasteiger partial charge in [0.05, 0.1) is 17.2 Å². The Balaban J connectivity index is 2.08. The molecule has 2 amide bonds. The van der Waals surface area contributed by atoms with E-state index in [-0.39, 0.29) is 41.8 Å². The van der Waals surface area contributed by atoms with Crippen molar-refractivity contribution < 1.29 is 27.1 Å². The average Bonchev–Trinajstić information content (AvgIpc) is 2.97. The van der Waals surface area contributed by atoms with Gasteiger partial charge in [0.1, 0.15) is 24.2 Å². The molecule has 0 aliphatic rings. The van der Waals surface area contributed by atoms with Gasteiger partial charge in [0.15, 0.2) is 0 Å². The first-order valence-electron chi connectivity index (χ1n) is 13.9. The number of amides is 2. The SMILES string of the molecule is CCCCNC(=O)C(CC)N(Cc1ccc(F)cc1)C(=O)CN(c1ccccc1OCC)S(=O)(=O)c1ccc(Cl)cc1. The Morgan fingerprint density at radius 2 is 1.64 bits per heavy atom. The summed E-state index contributed by atoms with van der Waals surface area (Å²) in [4.78, 5) is 28.7. The molecule has 1 unspecified atom stereocenters. The number of halogens is 2.